The highest BCUT2D eigenvalue weighted by atomic mass is 19.1. The highest BCUT2D eigenvalue weighted by Crippen LogP contribution is 2.25. The number of halogens is 1. The number of aliphatic hydroxyl groups is 1. The molecule has 1 aromatic rings. The number of hydrogen-bond donors (Lipinski definition) is 2. The Morgan fingerprint density at radius 2 is 2.13 bits per heavy atom. The van der Waals surface area contributed by atoms with Crippen molar-refractivity contribution in [2.75, 3.05) is 19.7 Å². The molecule has 1 heterocycles. The second-order valence-corrected chi connectivity index (χ2v) is 6.11. The zero-order chi connectivity index (χ0) is 16.8. The fourth-order valence-corrected chi connectivity index (χ4v) is 2.75. The summed E-state index contributed by atoms with van der Waals surface area (Å²) in [6.07, 6.45) is 1.07. The lowest BCUT2D eigenvalue weighted by Gasteiger charge is -2.37. The summed E-state index contributed by atoms with van der Waals surface area (Å²) in [5, 5.41) is 11.8. The summed E-state index contributed by atoms with van der Waals surface area (Å²) < 4.78 is 18.9. The Labute approximate surface area is 136 Å². The summed E-state index contributed by atoms with van der Waals surface area (Å²) in [7, 11) is 0. The molecule has 2 N–H and O–H groups in total. The molecular weight excluding hydrogens is 299 g/mol. The molecule has 128 valence electrons. The number of nitrogens with zero attached hydrogens (tertiary/aromatic N) is 1. The molecule has 0 aromatic heterocycles. The predicted molar refractivity (Wildman–Crippen MR) is 85.6 cm³/mol. The first kappa shape index (κ1) is 17.7. The van der Waals surface area contributed by atoms with Gasteiger partial charge in [-0.1, -0.05) is 12.1 Å². The highest BCUT2D eigenvalue weighted by Gasteiger charge is 2.29. The van der Waals surface area contributed by atoms with Crippen molar-refractivity contribution in [3.05, 3.63) is 35.6 Å². The van der Waals surface area contributed by atoms with Gasteiger partial charge in [-0.05, 0) is 44.4 Å². The van der Waals surface area contributed by atoms with Gasteiger partial charge < -0.3 is 20.1 Å². The van der Waals surface area contributed by atoms with Gasteiger partial charge in [0.25, 0.3) is 0 Å². The number of urea groups is 1. The molecule has 23 heavy (non-hydrogen) atoms. The Kier molecular flexibility index (Phi) is 6.36. The van der Waals surface area contributed by atoms with E-state index in [2.05, 4.69) is 5.32 Å². The molecule has 1 aromatic carbocycles. The monoisotopic (exact) mass is 324 g/mol. The summed E-state index contributed by atoms with van der Waals surface area (Å²) in [5.74, 6) is -0.287. The average molecular weight is 324 g/mol. The number of carbonyl (C=O) groups excluding carboxylic acids is 1. The van der Waals surface area contributed by atoms with Crippen molar-refractivity contribution < 1.29 is 19.0 Å². The van der Waals surface area contributed by atoms with Crippen molar-refractivity contribution in [3.8, 4) is 0 Å². The minimum Gasteiger partial charge on any atom is -0.396 e. The zero-order valence-corrected chi connectivity index (χ0v) is 13.7. The molecule has 0 saturated carbocycles. The Morgan fingerprint density at radius 1 is 1.43 bits per heavy atom. The average Bonchev–Trinajstić information content (AvgIpc) is 2.53. The fraction of sp³-hybridized carbons (Fsp3) is 0.588. The van der Waals surface area contributed by atoms with Gasteiger partial charge in [-0.15, -0.1) is 0 Å². The number of benzene rings is 1. The molecule has 0 aliphatic carbocycles. The van der Waals surface area contributed by atoms with Crippen molar-refractivity contribution >= 4 is 6.03 Å². The molecule has 6 heteroatoms. The Morgan fingerprint density at radius 3 is 2.78 bits per heavy atom. The van der Waals surface area contributed by atoms with Gasteiger partial charge in [0.15, 0.2) is 0 Å². The maximum Gasteiger partial charge on any atom is 0.317 e. The largest absolute Gasteiger partial charge is 0.396 e. The lowest BCUT2D eigenvalue weighted by Crippen LogP contribution is -2.51. The number of amides is 2. The number of morpholine rings is 1. The summed E-state index contributed by atoms with van der Waals surface area (Å²) in [6, 6.07) is 6.07. The molecule has 1 fully saturated rings. The molecule has 2 amide bonds. The van der Waals surface area contributed by atoms with Crippen LogP contribution >= 0.6 is 0 Å². The van der Waals surface area contributed by atoms with Crippen molar-refractivity contribution in [3.63, 3.8) is 0 Å². The van der Waals surface area contributed by atoms with Gasteiger partial charge in [0, 0.05) is 19.2 Å². The first-order valence-electron chi connectivity index (χ1n) is 8.06. The van der Waals surface area contributed by atoms with E-state index in [4.69, 9.17) is 9.84 Å². The van der Waals surface area contributed by atoms with Gasteiger partial charge in [-0.3, -0.25) is 0 Å². The van der Waals surface area contributed by atoms with E-state index in [1.165, 1.54) is 12.1 Å². The molecule has 0 spiro atoms. The van der Waals surface area contributed by atoms with E-state index in [1.54, 1.807) is 17.0 Å². The molecular formula is C17H25FN2O3. The normalized spacial score (nSPS) is 22.7. The number of aliphatic hydroxyl groups excluding tert-OH is 1. The molecule has 3 atom stereocenters. The van der Waals surface area contributed by atoms with Crippen LogP contribution in [0.5, 0.6) is 0 Å². The fourth-order valence-electron chi connectivity index (χ4n) is 2.75. The topological polar surface area (TPSA) is 61.8 Å². The van der Waals surface area contributed by atoms with Crippen LogP contribution in [-0.2, 0) is 4.74 Å². The Balaban J connectivity index is 1.96. The van der Waals surface area contributed by atoms with Crippen LogP contribution in [0.2, 0.25) is 0 Å². The van der Waals surface area contributed by atoms with Gasteiger partial charge in [0.2, 0.25) is 0 Å². The maximum atomic E-state index is 13.0. The smallest absolute Gasteiger partial charge is 0.317 e. The Hall–Kier alpha value is -1.66. The molecule has 0 bridgehead atoms. The van der Waals surface area contributed by atoms with Crippen LogP contribution in [0.1, 0.15) is 38.4 Å². The van der Waals surface area contributed by atoms with E-state index >= 15 is 0 Å². The summed E-state index contributed by atoms with van der Waals surface area (Å²) in [5.41, 5.74) is 0.865. The van der Waals surface area contributed by atoms with Crippen molar-refractivity contribution in [1.29, 1.82) is 0 Å². The number of hydrogen-bond acceptors (Lipinski definition) is 3. The van der Waals surface area contributed by atoms with E-state index in [1.807, 2.05) is 13.8 Å². The first-order valence-corrected chi connectivity index (χ1v) is 8.06. The quantitative estimate of drug-likeness (QED) is 0.874. The van der Waals surface area contributed by atoms with E-state index in [-0.39, 0.29) is 36.7 Å². The molecule has 1 aliphatic rings. The minimum absolute atomic E-state index is 0.0112. The SMILES string of the molecule is CC(CCCO)NC(=O)N1CC(C)OC(c2ccc(F)cc2)C1. The first-order chi connectivity index (χ1) is 11.0. The van der Waals surface area contributed by atoms with Crippen LogP contribution in [0.25, 0.3) is 0 Å². The summed E-state index contributed by atoms with van der Waals surface area (Å²) in [4.78, 5) is 14.1. The van der Waals surface area contributed by atoms with Gasteiger partial charge in [-0.25, -0.2) is 9.18 Å². The minimum atomic E-state index is -0.287. The number of nitrogens with one attached hydrogen (secondary N) is 1. The lowest BCUT2D eigenvalue weighted by molar-refractivity contribution is -0.0659. The van der Waals surface area contributed by atoms with E-state index in [0.29, 0.717) is 19.5 Å². The van der Waals surface area contributed by atoms with Crippen LogP contribution in [0.15, 0.2) is 24.3 Å². The van der Waals surface area contributed by atoms with Crippen molar-refractivity contribution in [1.82, 2.24) is 10.2 Å². The number of carbonyl (C=O) groups is 1. The van der Waals surface area contributed by atoms with Crippen LogP contribution in [-0.4, -0.2) is 47.9 Å². The third-order valence-electron chi connectivity index (χ3n) is 3.95. The molecule has 1 aliphatic heterocycles. The summed E-state index contributed by atoms with van der Waals surface area (Å²) in [6.45, 7) is 4.94. The number of ether oxygens (including phenoxy) is 1. The van der Waals surface area contributed by atoms with Gasteiger partial charge in [-0.2, -0.15) is 0 Å². The van der Waals surface area contributed by atoms with Gasteiger partial charge in [0.1, 0.15) is 11.9 Å². The molecule has 0 radical (unpaired) electrons. The lowest BCUT2D eigenvalue weighted by atomic mass is 10.1. The van der Waals surface area contributed by atoms with E-state index < -0.39 is 0 Å². The third kappa shape index (κ3) is 5.18. The highest BCUT2D eigenvalue weighted by molar-refractivity contribution is 5.74. The molecule has 1 saturated heterocycles. The standard InChI is InChI=1S/C17H25FN2O3/c1-12(4-3-9-21)19-17(22)20-10-13(2)23-16(11-20)14-5-7-15(18)8-6-14/h5-8,12-13,16,21H,3-4,9-11H2,1-2H3,(H,19,22). The molecule has 2 rings (SSSR count). The third-order valence-corrected chi connectivity index (χ3v) is 3.95. The second kappa shape index (κ2) is 8.26. The van der Waals surface area contributed by atoms with E-state index in [0.717, 1.165) is 12.0 Å². The van der Waals surface area contributed by atoms with Crippen LogP contribution < -0.4 is 5.32 Å². The Bertz CT molecular complexity index is 509. The molecule has 5 nitrogen and oxygen atoms in total. The predicted octanol–water partition coefficient (Wildman–Crippen LogP) is 2.46. The van der Waals surface area contributed by atoms with E-state index in [9.17, 15) is 9.18 Å². The number of rotatable bonds is 5. The maximum absolute atomic E-state index is 13.0. The van der Waals surface area contributed by atoms with Crippen LogP contribution in [0.3, 0.4) is 0 Å². The van der Waals surface area contributed by atoms with Crippen molar-refractivity contribution in [2.24, 2.45) is 0 Å². The second-order valence-electron chi connectivity index (χ2n) is 6.11. The van der Waals surface area contributed by atoms with Crippen molar-refractivity contribution in [2.45, 2.75) is 44.9 Å². The summed E-state index contributed by atoms with van der Waals surface area (Å²) >= 11 is 0. The van der Waals surface area contributed by atoms with Gasteiger partial charge >= 0.3 is 6.03 Å². The van der Waals surface area contributed by atoms with Crippen LogP contribution in [0, 0.1) is 5.82 Å². The zero-order valence-electron chi connectivity index (χ0n) is 13.7. The van der Waals surface area contributed by atoms with Crippen LogP contribution in [0.4, 0.5) is 9.18 Å². The molecule has 3 unspecified atom stereocenters. The van der Waals surface area contributed by atoms with Gasteiger partial charge in [0.05, 0.1) is 12.6 Å².